The first-order valence-corrected chi connectivity index (χ1v) is 10.2. The molecule has 0 aliphatic rings. The lowest BCUT2D eigenvalue weighted by Crippen LogP contribution is -2.07. The van der Waals surface area contributed by atoms with Crippen molar-refractivity contribution in [1.82, 2.24) is 0 Å². The zero-order valence-electron chi connectivity index (χ0n) is 14.2. The van der Waals surface area contributed by atoms with E-state index in [0.29, 0.717) is 0 Å². The van der Waals surface area contributed by atoms with E-state index >= 15 is 0 Å². The molecule has 0 spiro atoms. The molecule has 0 aliphatic carbocycles. The molecule has 1 N–H and O–H groups in total. The Balaban J connectivity index is 2.08. The van der Waals surface area contributed by atoms with Crippen molar-refractivity contribution in [1.29, 1.82) is 0 Å². The van der Waals surface area contributed by atoms with Gasteiger partial charge >= 0.3 is 10.1 Å². The van der Waals surface area contributed by atoms with Crippen LogP contribution in [0, 0.1) is 0 Å². The third kappa shape index (κ3) is 8.37. The van der Waals surface area contributed by atoms with Gasteiger partial charge in [0.25, 0.3) is 0 Å². The fourth-order valence-electron chi connectivity index (χ4n) is 2.49. The topological polar surface area (TPSA) is 63.6 Å². The summed E-state index contributed by atoms with van der Waals surface area (Å²) in [7, 11) is -3.85. The lowest BCUT2D eigenvalue weighted by atomic mass is 10.1. The van der Waals surface area contributed by atoms with E-state index in [4.69, 9.17) is 4.18 Å². The molecule has 0 saturated carbocycles. The van der Waals surface area contributed by atoms with Gasteiger partial charge in [0.15, 0.2) is 0 Å². The fourth-order valence-corrected chi connectivity index (χ4v) is 3.52. The molecule has 5 heteroatoms. The quantitative estimate of drug-likeness (QED) is 0.404. The van der Waals surface area contributed by atoms with E-state index in [1.165, 1.54) is 57.1 Å². The number of hydrogen-bond acceptors (Lipinski definition) is 4. The Labute approximate surface area is 141 Å². The molecule has 0 saturated heterocycles. The molecular weight excluding hydrogens is 312 g/mol. The third-order valence-corrected chi connectivity index (χ3v) is 5.23. The Bertz CT molecular complexity index is 526. The molecule has 0 aromatic heterocycles. The van der Waals surface area contributed by atoms with Gasteiger partial charge in [0.05, 0.1) is 6.61 Å². The van der Waals surface area contributed by atoms with Crippen molar-refractivity contribution in [2.75, 3.05) is 6.61 Å². The van der Waals surface area contributed by atoms with Gasteiger partial charge in [-0.2, -0.15) is 8.42 Å². The number of rotatable bonds is 13. The average molecular weight is 343 g/mol. The van der Waals surface area contributed by atoms with Crippen LogP contribution in [-0.2, 0) is 14.3 Å². The summed E-state index contributed by atoms with van der Waals surface area (Å²) in [6, 6.07) is 5.84. The molecule has 4 nitrogen and oxygen atoms in total. The van der Waals surface area contributed by atoms with Crippen molar-refractivity contribution in [3.05, 3.63) is 24.3 Å². The first-order valence-electron chi connectivity index (χ1n) is 8.75. The SMILES string of the molecule is CCCCCCCCCCCCOS(=O)(=O)c1ccccc1O. The van der Waals surface area contributed by atoms with Crippen LogP contribution in [0.2, 0.25) is 0 Å². The maximum atomic E-state index is 11.9. The molecule has 0 aliphatic heterocycles. The van der Waals surface area contributed by atoms with E-state index in [9.17, 15) is 13.5 Å². The van der Waals surface area contributed by atoms with Gasteiger partial charge in [-0.15, -0.1) is 0 Å². The van der Waals surface area contributed by atoms with Crippen LogP contribution in [-0.4, -0.2) is 20.1 Å². The number of aromatic hydroxyl groups is 1. The van der Waals surface area contributed by atoms with Crippen LogP contribution in [0.1, 0.15) is 71.1 Å². The predicted octanol–water partition coefficient (Wildman–Crippen LogP) is 5.02. The van der Waals surface area contributed by atoms with Crippen LogP contribution in [0.5, 0.6) is 5.75 Å². The molecule has 0 atom stereocenters. The zero-order chi connectivity index (χ0) is 17.0. The van der Waals surface area contributed by atoms with Crippen LogP contribution in [0.15, 0.2) is 29.2 Å². The molecule has 0 fully saturated rings. The van der Waals surface area contributed by atoms with E-state index in [0.717, 1.165) is 19.3 Å². The van der Waals surface area contributed by atoms with Crippen LogP contribution in [0.4, 0.5) is 0 Å². The normalized spacial score (nSPS) is 11.7. The van der Waals surface area contributed by atoms with Crippen molar-refractivity contribution in [3.63, 3.8) is 0 Å². The van der Waals surface area contributed by atoms with Crippen molar-refractivity contribution < 1.29 is 17.7 Å². The van der Waals surface area contributed by atoms with Crippen LogP contribution in [0.3, 0.4) is 0 Å². The number of benzene rings is 1. The Morgan fingerprint density at radius 3 is 1.96 bits per heavy atom. The number of phenolic OH excluding ortho intramolecular Hbond substituents is 1. The van der Waals surface area contributed by atoms with Crippen LogP contribution < -0.4 is 0 Å². The monoisotopic (exact) mass is 342 g/mol. The number of unbranched alkanes of at least 4 members (excludes halogenated alkanes) is 9. The first-order chi connectivity index (χ1) is 11.1. The third-order valence-electron chi connectivity index (χ3n) is 3.87. The molecule has 0 amide bonds. The molecule has 0 bridgehead atoms. The zero-order valence-corrected chi connectivity index (χ0v) is 15.0. The Kier molecular flexibility index (Phi) is 9.96. The smallest absolute Gasteiger partial charge is 0.300 e. The predicted molar refractivity (Wildman–Crippen MR) is 93.1 cm³/mol. The minimum atomic E-state index is -3.85. The van der Waals surface area contributed by atoms with Gasteiger partial charge in [0.1, 0.15) is 10.6 Å². The molecule has 1 rings (SSSR count). The highest BCUT2D eigenvalue weighted by molar-refractivity contribution is 7.86. The molecule has 1 aromatic rings. The van der Waals surface area contributed by atoms with Gasteiger partial charge in [0, 0.05) is 0 Å². The van der Waals surface area contributed by atoms with Crippen LogP contribution >= 0.6 is 0 Å². The Morgan fingerprint density at radius 2 is 1.39 bits per heavy atom. The summed E-state index contributed by atoms with van der Waals surface area (Å²) in [5.41, 5.74) is 0. The number of para-hydroxylation sites is 1. The summed E-state index contributed by atoms with van der Waals surface area (Å²) in [5, 5.41) is 9.56. The second-order valence-corrected chi connectivity index (χ2v) is 7.51. The van der Waals surface area contributed by atoms with Gasteiger partial charge in [-0.3, -0.25) is 4.18 Å². The van der Waals surface area contributed by atoms with Gasteiger partial charge in [-0.05, 0) is 18.6 Å². The maximum absolute atomic E-state index is 11.9. The van der Waals surface area contributed by atoms with Gasteiger partial charge < -0.3 is 5.11 Å². The second kappa shape index (κ2) is 11.5. The fraction of sp³-hybridized carbons (Fsp3) is 0.667. The van der Waals surface area contributed by atoms with Gasteiger partial charge in [-0.25, -0.2) is 0 Å². The minimum Gasteiger partial charge on any atom is -0.506 e. The minimum absolute atomic E-state index is 0.160. The average Bonchev–Trinajstić information content (AvgIpc) is 2.53. The number of phenols is 1. The summed E-state index contributed by atoms with van der Waals surface area (Å²) >= 11 is 0. The van der Waals surface area contributed by atoms with Crippen molar-refractivity contribution in [2.45, 2.75) is 76.0 Å². The van der Waals surface area contributed by atoms with Gasteiger partial charge in [-0.1, -0.05) is 76.8 Å². The molecule has 0 unspecified atom stereocenters. The summed E-state index contributed by atoms with van der Waals surface area (Å²) < 4.78 is 28.8. The first kappa shape index (κ1) is 20.0. The largest absolute Gasteiger partial charge is 0.506 e. The van der Waals surface area contributed by atoms with Crippen molar-refractivity contribution >= 4 is 10.1 Å². The van der Waals surface area contributed by atoms with Crippen molar-refractivity contribution in [3.8, 4) is 5.75 Å². The molecule has 1 aromatic carbocycles. The van der Waals surface area contributed by atoms with E-state index < -0.39 is 10.1 Å². The van der Waals surface area contributed by atoms with E-state index in [1.54, 1.807) is 12.1 Å². The highest BCUT2D eigenvalue weighted by atomic mass is 32.2. The summed E-state index contributed by atoms with van der Waals surface area (Å²) in [6.45, 7) is 2.40. The number of hydrogen-bond donors (Lipinski definition) is 1. The molecule has 132 valence electrons. The Morgan fingerprint density at radius 1 is 0.870 bits per heavy atom. The van der Waals surface area contributed by atoms with E-state index in [-0.39, 0.29) is 17.3 Å². The highest BCUT2D eigenvalue weighted by Crippen LogP contribution is 2.23. The molecule has 23 heavy (non-hydrogen) atoms. The summed E-state index contributed by atoms with van der Waals surface area (Å²) in [6.07, 6.45) is 11.9. The maximum Gasteiger partial charge on any atom is 0.300 e. The van der Waals surface area contributed by atoms with E-state index in [1.807, 2.05) is 0 Å². The van der Waals surface area contributed by atoms with E-state index in [2.05, 4.69) is 6.92 Å². The standard InChI is InChI=1S/C18H30O4S/c1-2-3-4-5-6-7-8-9-10-13-16-22-23(20,21)18-15-12-11-14-17(18)19/h11-12,14-15,19H,2-10,13,16H2,1H3. The Hall–Kier alpha value is -1.07. The summed E-state index contributed by atoms with van der Waals surface area (Å²) in [4.78, 5) is -0.160. The second-order valence-electron chi connectivity index (χ2n) is 5.93. The summed E-state index contributed by atoms with van der Waals surface area (Å²) in [5.74, 6) is -0.268. The molecule has 0 heterocycles. The molecular formula is C18H30O4S. The lowest BCUT2D eigenvalue weighted by molar-refractivity contribution is 0.304. The highest BCUT2D eigenvalue weighted by Gasteiger charge is 2.18. The van der Waals surface area contributed by atoms with Crippen molar-refractivity contribution in [2.24, 2.45) is 0 Å². The van der Waals surface area contributed by atoms with Crippen LogP contribution in [0.25, 0.3) is 0 Å². The molecule has 0 radical (unpaired) electrons. The van der Waals surface area contributed by atoms with Gasteiger partial charge in [0.2, 0.25) is 0 Å². The lowest BCUT2D eigenvalue weighted by Gasteiger charge is -2.07.